The molecule has 3 heterocycles. The Morgan fingerprint density at radius 3 is 2.91 bits per heavy atom. The van der Waals surface area contributed by atoms with E-state index in [1.54, 1.807) is 22.2 Å². The van der Waals surface area contributed by atoms with E-state index in [2.05, 4.69) is 25.2 Å². The maximum Gasteiger partial charge on any atom is 0.216 e. The monoisotopic (exact) mass is 356 g/mol. The molecule has 1 aliphatic rings. The topological polar surface area (TPSA) is 62.1 Å². The summed E-state index contributed by atoms with van der Waals surface area (Å²) < 4.78 is 2.09. The number of nitrogens with zero attached hydrogens (tertiary/aromatic N) is 5. The molecule has 0 unspecified atom stereocenters. The van der Waals surface area contributed by atoms with Crippen LogP contribution in [0.5, 0.6) is 0 Å². The van der Waals surface area contributed by atoms with Crippen LogP contribution in [-0.4, -0.2) is 39.2 Å². The summed E-state index contributed by atoms with van der Waals surface area (Å²) in [6, 6.07) is 0. The number of aromatic amines is 1. The number of aromatic nitrogens is 4. The van der Waals surface area contributed by atoms with Crippen LogP contribution in [0, 0.1) is 4.77 Å². The van der Waals surface area contributed by atoms with Crippen LogP contribution in [0.2, 0.25) is 5.15 Å². The summed E-state index contributed by atoms with van der Waals surface area (Å²) in [4.78, 5) is 7.59. The van der Waals surface area contributed by atoms with Crippen LogP contribution in [0.25, 0.3) is 0 Å². The second-order valence-electron chi connectivity index (χ2n) is 5.05. The molecule has 6 nitrogen and oxygen atoms in total. The number of anilines is 1. The maximum atomic E-state index is 6.24. The molecule has 0 saturated carbocycles. The van der Waals surface area contributed by atoms with Crippen molar-refractivity contribution in [2.75, 3.05) is 18.0 Å². The minimum absolute atomic E-state index is 0.477. The highest BCUT2D eigenvalue weighted by Gasteiger charge is 2.16. The van der Waals surface area contributed by atoms with Crippen LogP contribution in [0.1, 0.15) is 36.9 Å². The average molecular weight is 357 g/mol. The smallest absolute Gasteiger partial charge is 0.216 e. The number of thiazole rings is 1. The largest absolute Gasteiger partial charge is 0.348 e. The van der Waals surface area contributed by atoms with Gasteiger partial charge in [0.1, 0.15) is 0 Å². The second-order valence-corrected chi connectivity index (χ2v) is 6.81. The molecule has 0 amide bonds. The van der Waals surface area contributed by atoms with Crippen LogP contribution in [0.3, 0.4) is 0 Å². The number of H-pyrrole nitrogens is 1. The van der Waals surface area contributed by atoms with Crippen molar-refractivity contribution in [1.29, 1.82) is 0 Å². The highest BCUT2D eigenvalue weighted by molar-refractivity contribution is 7.71. The van der Waals surface area contributed by atoms with Crippen LogP contribution < -0.4 is 4.90 Å². The third-order valence-electron chi connectivity index (χ3n) is 3.55. The Morgan fingerprint density at radius 1 is 1.41 bits per heavy atom. The molecule has 1 N–H and O–H groups in total. The van der Waals surface area contributed by atoms with Crippen molar-refractivity contribution in [2.45, 2.75) is 32.6 Å². The first-order chi connectivity index (χ1) is 10.7. The Balaban J connectivity index is 1.83. The molecule has 0 aliphatic carbocycles. The van der Waals surface area contributed by atoms with E-state index < -0.39 is 0 Å². The molecule has 0 bridgehead atoms. The van der Waals surface area contributed by atoms with Gasteiger partial charge in [-0.05, 0) is 31.5 Å². The third kappa shape index (κ3) is 3.23. The molecule has 3 rings (SSSR count). The van der Waals surface area contributed by atoms with Crippen LogP contribution in [0.15, 0.2) is 5.10 Å². The van der Waals surface area contributed by atoms with E-state index in [1.165, 1.54) is 19.3 Å². The van der Waals surface area contributed by atoms with Crippen molar-refractivity contribution < 1.29 is 0 Å². The molecule has 0 spiro atoms. The van der Waals surface area contributed by atoms with Crippen LogP contribution in [0.4, 0.5) is 5.13 Å². The molecule has 2 aromatic heterocycles. The van der Waals surface area contributed by atoms with E-state index >= 15 is 0 Å². The van der Waals surface area contributed by atoms with Crippen LogP contribution in [-0.2, 0) is 6.42 Å². The summed E-state index contributed by atoms with van der Waals surface area (Å²) in [6.07, 6.45) is 6.18. The quantitative estimate of drug-likeness (QED) is 0.673. The van der Waals surface area contributed by atoms with Gasteiger partial charge >= 0.3 is 0 Å². The van der Waals surface area contributed by atoms with Crippen molar-refractivity contribution in [3.8, 4) is 0 Å². The zero-order valence-corrected chi connectivity index (χ0v) is 14.6. The lowest BCUT2D eigenvalue weighted by molar-refractivity contribution is 0.577. The Morgan fingerprint density at radius 2 is 2.18 bits per heavy atom. The summed E-state index contributed by atoms with van der Waals surface area (Å²) in [6.45, 7) is 4.10. The fraction of sp³-hybridized carbons (Fsp3) is 0.538. The minimum Gasteiger partial charge on any atom is -0.348 e. The molecule has 1 aliphatic heterocycles. The van der Waals surface area contributed by atoms with Gasteiger partial charge in [0.2, 0.25) is 4.77 Å². The lowest BCUT2D eigenvalue weighted by Crippen LogP contribution is -2.29. The number of rotatable bonds is 4. The number of halogens is 1. The fourth-order valence-corrected chi connectivity index (χ4v) is 3.75. The van der Waals surface area contributed by atoms with Crippen molar-refractivity contribution in [3.63, 3.8) is 0 Å². The number of hydrogen-bond acceptors (Lipinski definition) is 6. The highest BCUT2D eigenvalue weighted by atomic mass is 35.5. The fourth-order valence-electron chi connectivity index (χ4n) is 2.38. The summed E-state index contributed by atoms with van der Waals surface area (Å²) in [7, 11) is 0. The Labute approximate surface area is 142 Å². The summed E-state index contributed by atoms with van der Waals surface area (Å²) >= 11 is 13.0. The van der Waals surface area contributed by atoms with E-state index in [0.29, 0.717) is 9.92 Å². The number of hydrogen-bond donors (Lipinski definition) is 1. The SMILES string of the molecule is CCc1n[nH]c(=S)n1/N=C\c1sc(N2CCCCC2)nc1Cl. The third-order valence-corrected chi connectivity index (χ3v) is 5.26. The average Bonchev–Trinajstić information content (AvgIpc) is 3.09. The molecule has 0 aromatic carbocycles. The molecule has 1 saturated heterocycles. The molecular formula is C13H17ClN6S2. The number of aryl methyl sites for hydroxylation is 1. The van der Waals surface area contributed by atoms with E-state index in [9.17, 15) is 0 Å². The van der Waals surface area contributed by atoms with Crippen molar-refractivity contribution in [1.82, 2.24) is 19.9 Å². The van der Waals surface area contributed by atoms with Crippen molar-refractivity contribution in [3.05, 3.63) is 20.6 Å². The number of nitrogens with one attached hydrogen (secondary N) is 1. The second kappa shape index (κ2) is 6.89. The van der Waals surface area contributed by atoms with Gasteiger partial charge in [-0.2, -0.15) is 14.9 Å². The van der Waals surface area contributed by atoms with Crippen molar-refractivity contribution in [2.24, 2.45) is 5.10 Å². The predicted octanol–water partition coefficient (Wildman–Crippen LogP) is 3.49. The minimum atomic E-state index is 0.477. The standard InChI is InChI=1S/C13H17ClN6S2/c1-2-10-17-18-12(21)20(10)15-8-9-11(14)16-13(22-9)19-6-4-3-5-7-19/h8H,2-7H2,1H3,(H,18,21)/b15-8-. The molecule has 22 heavy (non-hydrogen) atoms. The molecule has 9 heteroatoms. The lowest BCUT2D eigenvalue weighted by Gasteiger charge is -2.25. The Kier molecular flexibility index (Phi) is 4.90. The predicted molar refractivity (Wildman–Crippen MR) is 93.0 cm³/mol. The van der Waals surface area contributed by atoms with Gasteiger partial charge in [0, 0.05) is 19.5 Å². The first-order valence-electron chi connectivity index (χ1n) is 7.31. The summed E-state index contributed by atoms with van der Waals surface area (Å²) in [5.41, 5.74) is 0. The van der Waals surface area contributed by atoms with E-state index in [0.717, 1.165) is 35.3 Å². The molecular weight excluding hydrogens is 340 g/mol. The normalized spacial score (nSPS) is 15.8. The van der Waals surface area contributed by atoms with Gasteiger partial charge in [0.05, 0.1) is 11.1 Å². The first kappa shape index (κ1) is 15.6. The van der Waals surface area contributed by atoms with Gasteiger partial charge in [-0.1, -0.05) is 29.9 Å². The van der Waals surface area contributed by atoms with Gasteiger partial charge < -0.3 is 4.90 Å². The first-order valence-corrected chi connectivity index (χ1v) is 8.91. The summed E-state index contributed by atoms with van der Waals surface area (Å²) in [5, 5.41) is 12.7. The lowest BCUT2D eigenvalue weighted by atomic mass is 10.1. The van der Waals surface area contributed by atoms with E-state index in [4.69, 9.17) is 23.8 Å². The van der Waals surface area contributed by atoms with E-state index in [1.807, 2.05) is 6.92 Å². The van der Waals surface area contributed by atoms with Gasteiger partial charge in [0.25, 0.3) is 0 Å². The maximum absolute atomic E-state index is 6.24. The summed E-state index contributed by atoms with van der Waals surface area (Å²) in [5.74, 6) is 0.790. The molecule has 2 aromatic rings. The van der Waals surface area contributed by atoms with E-state index in [-0.39, 0.29) is 0 Å². The van der Waals surface area contributed by atoms with Crippen molar-refractivity contribution >= 4 is 46.5 Å². The molecule has 0 radical (unpaired) electrons. The highest BCUT2D eigenvalue weighted by Crippen LogP contribution is 2.30. The number of piperidine rings is 1. The van der Waals surface area contributed by atoms with Crippen LogP contribution >= 0.6 is 35.2 Å². The van der Waals surface area contributed by atoms with Gasteiger partial charge in [-0.15, -0.1) is 0 Å². The van der Waals surface area contributed by atoms with Gasteiger partial charge in [-0.3, -0.25) is 5.10 Å². The Bertz CT molecular complexity index is 725. The molecule has 118 valence electrons. The molecule has 1 fully saturated rings. The zero-order chi connectivity index (χ0) is 15.5. The zero-order valence-electron chi connectivity index (χ0n) is 12.3. The van der Waals surface area contributed by atoms with Gasteiger partial charge in [-0.25, -0.2) is 4.98 Å². The molecule has 0 atom stereocenters. The van der Waals surface area contributed by atoms with Gasteiger partial charge in [0.15, 0.2) is 16.1 Å². The Hall–Kier alpha value is -1.25.